The van der Waals surface area contributed by atoms with Crippen LogP contribution in [0.1, 0.15) is 46.0 Å². The van der Waals surface area contributed by atoms with Gasteiger partial charge in [0.05, 0.1) is 5.41 Å². The van der Waals surface area contributed by atoms with E-state index >= 15 is 0 Å². The molecule has 1 rings (SSSR count). The topological polar surface area (TPSA) is 49.3 Å². The van der Waals surface area contributed by atoms with Crippen LogP contribution in [0.15, 0.2) is 0 Å². The Kier molecular flexibility index (Phi) is 3.31. The highest BCUT2D eigenvalue weighted by Crippen LogP contribution is 2.43. The van der Waals surface area contributed by atoms with E-state index in [0.29, 0.717) is 5.92 Å². The van der Waals surface area contributed by atoms with Gasteiger partial charge in [-0.15, -0.1) is 0 Å². The zero-order chi connectivity index (χ0) is 9.90. The third kappa shape index (κ3) is 2.21. The molecule has 0 aromatic carbocycles. The van der Waals surface area contributed by atoms with Crippen LogP contribution in [0, 0.1) is 11.3 Å². The van der Waals surface area contributed by atoms with E-state index in [9.17, 15) is 4.79 Å². The Bertz CT molecular complexity index is 183. The first kappa shape index (κ1) is 10.5. The molecule has 13 heavy (non-hydrogen) atoms. The summed E-state index contributed by atoms with van der Waals surface area (Å²) in [6, 6.07) is 0. The van der Waals surface area contributed by atoms with Gasteiger partial charge in [0.25, 0.3) is 0 Å². The number of hydrogen-bond donors (Lipinski definition) is 2. The minimum absolute atomic E-state index is 0.182. The van der Waals surface area contributed by atoms with Crippen molar-refractivity contribution in [1.29, 1.82) is 0 Å². The summed E-state index contributed by atoms with van der Waals surface area (Å²) in [6.07, 6.45) is 4.97. The summed E-state index contributed by atoms with van der Waals surface area (Å²) in [4.78, 5) is 11.5. The fourth-order valence-corrected chi connectivity index (χ4v) is 2.48. The van der Waals surface area contributed by atoms with Crippen molar-refractivity contribution in [3.63, 3.8) is 0 Å². The lowest BCUT2D eigenvalue weighted by Crippen LogP contribution is -2.38. The summed E-state index contributed by atoms with van der Waals surface area (Å²) in [5.41, 5.74) is 1.54. The minimum atomic E-state index is -0.275. The van der Waals surface area contributed by atoms with Gasteiger partial charge < -0.3 is 0 Å². The van der Waals surface area contributed by atoms with Crippen molar-refractivity contribution in [1.82, 2.24) is 5.48 Å². The van der Waals surface area contributed by atoms with Gasteiger partial charge in [-0.3, -0.25) is 10.0 Å². The average molecular weight is 185 g/mol. The van der Waals surface area contributed by atoms with Crippen molar-refractivity contribution in [3.8, 4) is 0 Å². The quantitative estimate of drug-likeness (QED) is 0.522. The summed E-state index contributed by atoms with van der Waals surface area (Å²) in [5.74, 6) is 0.328. The fourth-order valence-electron chi connectivity index (χ4n) is 2.48. The van der Waals surface area contributed by atoms with Crippen LogP contribution in [-0.4, -0.2) is 11.1 Å². The minimum Gasteiger partial charge on any atom is -0.289 e. The third-order valence-electron chi connectivity index (χ3n) is 2.94. The zero-order valence-corrected chi connectivity index (χ0v) is 8.47. The van der Waals surface area contributed by atoms with E-state index in [-0.39, 0.29) is 11.3 Å². The molecule has 1 aliphatic carbocycles. The Balaban J connectivity index is 2.68. The molecule has 1 fully saturated rings. The molecule has 0 spiro atoms. The molecule has 1 aliphatic rings. The first-order valence-corrected chi connectivity index (χ1v) is 5.05. The zero-order valence-electron chi connectivity index (χ0n) is 8.47. The maximum atomic E-state index is 11.5. The van der Waals surface area contributed by atoms with E-state index < -0.39 is 0 Å². The molecule has 0 bridgehead atoms. The summed E-state index contributed by atoms with van der Waals surface area (Å²) >= 11 is 0. The van der Waals surface area contributed by atoms with Crippen molar-refractivity contribution in [2.75, 3.05) is 0 Å². The van der Waals surface area contributed by atoms with Crippen LogP contribution in [0.5, 0.6) is 0 Å². The molecular formula is C10H19NO2. The number of amides is 1. The van der Waals surface area contributed by atoms with Gasteiger partial charge >= 0.3 is 0 Å². The van der Waals surface area contributed by atoms with Gasteiger partial charge in [0.15, 0.2) is 0 Å². The predicted molar refractivity (Wildman–Crippen MR) is 50.3 cm³/mol. The molecule has 0 unspecified atom stereocenters. The van der Waals surface area contributed by atoms with Gasteiger partial charge in [0.2, 0.25) is 5.91 Å². The smallest absolute Gasteiger partial charge is 0.249 e. The molecule has 3 heteroatoms. The number of rotatable bonds is 3. The molecule has 0 heterocycles. The first-order chi connectivity index (χ1) is 6.10. The Hall–Kier alpha value is -0.570. The molecule has 1 amide bonds. The lowest BCUT2D eigenvalue weighted by Gasteiger charge is -2.27. The van der Waals surface area contributed by atoms with E-state index in [1.807, 2.05) is 5.48 Å². The van der Waals surface area contributed by atoms with E-state index in [0.717, 1.165) is 32.1 Å². The van der Waals surface area contributed by atoms with Gasteiger partial charge in [-0.05, 0) is 25.2 Å². The molecule has 0 atom stereocenters. The maximum absolute atomic E-state index is 11.5. The molecule has 0 aromatic heterocycles. The van der Waals surface area contributed by atoms with Crippen molar-refractivity contribution < 1.29 is 10.0 Å². The number of carbonyl (C=O) groups is 1. The molecule has 0 radical (unpaired) electrons. The first-order valence-electron chi connectivity index (χ1n) is 5.05. The standard InChI is InChI=1S/C10H19NO2/c1-8(2)7-10(9(12)11-13)5-3-4-6-10/h8,13H,3-7H2,1-2H3,(H,11,12). The molecule has 76 valence electrons. The van der Waals surface area contributed by atoms with Crippen LogP contribution >= 0.6 is 0 Å². The molecule has 3 nitrogen and oxygen atoms in total. The monoisotopic (exact) mass is 185 g/mol. The lowest BCUT2D eigenvalue weighted by molar-refractivity contribution is -0.140. The van der Waals surface area contributed by atoms with Crippen molar-refractivity contribution in [2.45, 2.75) is 46.0 Å². The van der Waals surface area contributed by atoms with Crippen LogP contribution in [0.2, 0.25) is 0 Å². The van der Waals surface area contributed by atoms with Gasteiger partial charge in [-0.2, -0.15) is 0 Å². The van der Waals surface area contributed by atoms with Gasteiger partial charge in [-0.1, -0.05) is 26.7 Å². The SMILES string of the molecule is CC(C)CC1(C(=O)NO)CCCC1. The van der Waals surface area contributed by atoms with Crippen LogP contribution in [-0.2, 0) is 4.79 Å². The highest BCUT2D eigenvalue weighted by molar-refractivity contribution is 5.81. The van der Waals surface area contributed by atoms with E-state index in [1.54, 1.807) is 0 Å². The maximum Gasteiger partial charge on any atom is 0.249 e. The fraction of sp³-hybridized carbons (Fsp3) is 0.900. The second-order valence-corrected chi connectivity index (χ2v) is 4.53. The molecular weight excluding hydrogens is 166 g/mol. The van der Waals surface area contributed by atoms with Crippen LogP contribution in [0.3, 0.4) is 0 Å². The second-order valence-electron chi connectivity index (χ2n) is 4.53. The van der Waals surface area contributed by atoms with Gasteiger partial charge in [0.1, 0.15) is 0 Å². The number of hydroxylamine groups is 1. The number of hydrogen-bond acceptors (Lipinski definition) is 2. The van der Waals surface area contributed by atoms with Crippen LogP contribution in [0.25, 0.3) is 0 Å². The number of nitrogens with one attached hydrogen (secondary N) is 1. The summed E-state index contributed by atoms with van der Waals surface area (Å²) in [5, 5.41) is 8.67. The van der Waals surface area contributed by atoms with E-state index in [4.69, 9.17) is 5.21 Å². The normalized spacial score (nSPS) is 20.6. The Morgan fingerprint density at radius 1 is 1.46 bits per heavy atom. The van der Waals surface area contributed by atoms with Crippen molar-refractivity contribution in [3.05, 3.63) is 0 Å². The van der Waals surface area contributed by atoms with Crippen molar-refractivity contribution in [2.24, 2.45) is 11.3 Å². The molecule has 2 N–H and O–H groups in total. The van der Waals surface area contributed by atoms with Gasteiger partial charge in [0, 0.05) is 0 Å². The molecule has 1 saturated carbocycles. The molecule has 0 aromatic rings. The highest BCUT2D eigenvalue weighted by Gasteiger charge is 2.41. The van der Waals surface area contributed by atoms with Crippen LogP contribution in [0.4, 0.5) is 0 Å². The Morgan fingerprint density at radius 3 is 2.38 bits per heavy atom. The lowest BCUT2D eigenvalue weighted by atomic mass is 9.78. The van der Waals surface area contributed by atoms with Crippen LogP contribution < -0.4 is 5.48 Å². The van der Waals surface area contributed by atoms with E-state index in [2.05, 4.69) is 13.8 Å². The highest BCUT2D eigenvalue weighted by atomic mass is 16.5. The Morgan fingerprint density at radius 2 is 2.00 bits per heavy atom. The summed E-state index contributed by atoms with van der Waals surface area (Å²) in [7, 11) is 0. The van der Waals surface area contributed by atoms with Gasteiger partial charge in [-0.25, -0.2) is 5.48 Å². The average Bonchev–Trinajstić information content (AvgIpc) is 2.51. The number of carbonyl (C=O) groups excluding carboxylic acids is 1. The summed E-state index contributed by atoms with van der Waals surface area (Å²) < 4.78 is 0. The van der Waals surface area contributed by atoms with E-state index in [1.165, 1.54) is 0 Å². The predicted octanol–water partition coefficient (Wildman–Crippen LogP) is 2.10. The largest absolute Gasteiger partial charge is 0.289 e. The summed E-state index contributed by atoms with van der Waals surface area (Å²) in [6.45, 7) is 4.23. The molecule has 0 saturated heterocycles. The second kappa shape index (κ2) is 4.09. The third-order valence-corrected chi connectivity index (χ3v) is 2.94. The molecule has 0 aliphatic heterocycles. The van der Waals surface area contributed by atoms with Crippen molar-refractivity contribution >= 4 is 5.91 Å². The Labute approximate surface area is 79.5 Å².